The summed E-state index contributed by atoms with van der Waals surface area (Å²) in [7, 11) is 0. The molecule has 0 bridgehead atoms. The number of rotatable bonds is 2. The molecular weight excluding hydrogens is 233 g/mol. The van der Waals surface area contributed by atoms with Crippen molar-refractivity contribution < 1.29 is 30.7 Å². The average Bonchev–Trinajstić information content (AvgIpc) is 2.53. The summed E-state index contributed by atoms with van der Waals surface area (Å²) in [6.07, 6.45) is -5.84. The van der Waals surface area contributed by atoms with E-state index in [1.54, 1.807) is 5.10 Å². The van der Waals surface area contributed by atoms with Gasteiger partial charge in [-0.2, -0.15) is 35.8 Å². The number of halogens is 7. The highest BCUT2D eigenvalue weighted by molar-refractivity contribution is 5.16. The van der Waals surface area contributed by atoms with Crippen LogP contribution in [0.15, 0.2) is 12.4 Å². The van der Waals surface area contributed by atoms with Crippen molar-refractivity contribution in [2.24, 2.45) is 0 Å². The van der Waals surface area contributed by atoms with E-state index in [1.807, 2.05) is 0 Å². The van der Waals surface area contributed by atoms with E-state index in [4.69, 9.17) is 0 Å². The quantitative estimate of drug-likeness (QED) is 0.785. The molecule has 1 aromatic heterocycles. The molecule has 0 unspecified atom stereocenters. The highest BCUT2D eigenvalue weighted by atomic mass is 19.4. The van der Waals surface area contributed by atoms with Crippen LogP contribution < -0.4 is 0 Å². The molecule has 9 heteroatoms. The molecule has 0 spiro atoms. The van der Waals surface area contributed by atoms with E-state index in [0.29, 0.717) is 0 Å². The number of alkyl halides is 7. The molecule has 0 aliphatic carbocycles. The molecule has 0 aliphatic heterocycles. The Morgan fingerprint density at radius 3 is 1.87 bits per heavy atom. The summed E-state index contributed by atoms with van der Waals surface area (Å²) in [5, 5.41) is 4.61. The van der Waals surface area contributed by atoms with E-state index in [9.17, 15) is 30.7 Å². The summed E-state index contributed by atoms with van der Waals surface area (Å²) in [5.74, 6) is -11.5. The molecular formula is C6H3F7N2. The highest BCUT2D eigenvalue weighted by Gasteiger charge is 2.73. The second-order valence-corrected chi connectivity index (χ2v) is 2.63. The first kappa shape index (κ1) is 11.8. The molecule has 0 aliphatic rings. The molecule has 0 radical (unpaired) electrons. The number of aromatic nitrogens is 2. The zero-order valence-electron chi connectivity index (χ0n) is 6.75. The summed E-state index contributed by atoms with van der Waals surface area (Å²) in [6.45, 7) is 0. The maximum atomic E-state index is 12.7. The summed E-state index contributed by atoms with van der Waals surface area (Å²) in [6, 6.07) is 0. The Hall–Kier alpha value is -1.28. The van der Waals surface area contributed by atoms with Gasteiger partial charge in [0.05, 0.1) is 11.8 Å². The van der Waals surface area contributed by atoms with Gasteiger partial charge in [0.2, 0.25) is 0 Å². The third kappa shape index (κ3) is 1.65. The molecule has 0 amide bonds. The summed E-state index contributed by atoms with van der Waals surface area (Å²) in [4.78, 5) is 0. The Morgan fingerprint density at radius 1 is 1.00 bits per heavy atom. The summed E-state index contributed by atoms with van der Waals surface area (Å²) in [5.41, 5.74) is -1.52. The molecule has 1 heterocycles. The molecule has 0 aromatic carbocycles. The molecule has 2 nitrogen and oxygen atoms in total. The third-order valence-electron chi connectivity index (χ3n) is 1.61. The second kappa shape index (κ2) is 3.11. The fourth-order valence-electron chi connectivity index (χ4n) is 0.782. The lowest BCUT2D eigenvalue weighted by atomic mass is 10.1. The summed E-state index contributed by atoms with van der Waals surface area (Å²) < 4.78 is 85.2. The number of nitrogens with one attached hydrogen (secondary N) is 1. The van der Waals surface area contributed by atoms with Gasteiger partial charge in [-0.05, 0) is 0 Å². The summed E-state index contributed by atoms with van der Waals surface area (Å²) >= 11 is 0. The molecule has 0 atom stereocenters. The Bertz CT molecular complexity index is 326. The predicted molar refractivity (Wildman–Crippen MR) is 33.5 cm³/mol. The van der Waals surface area contributed by atoms with Crippen molar-refractivity contribution in [3.63, 3.8) is 0 Å². The van der Waals surface area contributed by atoms with E-state index < -0.39 is 23.6 Å². The molecule has 0 fully saturated rings. The van der Waals surface area contributed by atoms with E-state index in [-0.39, 0.29) is 12.4 Å². The predicted octanol–water partition coefficient (Wildman–Crippen LogP) is 2.70. The van der Waals surface area contributed by atoms with Crippen LogP contribution >= 0.6 is 0 Å². The van der Waals surface area contributed by atoms with Crippen molar-refractivity contribution in [2.75, 3.05) is 0 Å². The largest absolute Gasteiger partial charge is 0.460 e. The lowest BCUT2D eigenvalue weighted by Gasteiger charge is -2.27. The van der Waals surface area contributed by atoms with Gasteiger partial charge in [-0.25, -0.2) is 0 Å². The normalized spacial score (nSPS) is 14.3. The average molecular weight is 236 g/mol. The van der Waals surface area contributed by atoms with Crippen LogP contribution in [0.1, 0.15) is 5.56 Å². The first-order valence-electron chi connectivity index (χ1n) is 3.42. The van der Waals surface area contributed by atoms with Gasteiger partial charge < -0.3 is 0 Å². The molecule has 15 heavy (non-hydrogen) atoms. The van der Waals surface area contributed by atoms with Crippen molar-refractivity contribution in [1.82, 2.24) is 10.2 Å². The fourth-order valence-corrected chi connectivity index (χ4v) is 0.782. The molecule has 1 rings (SSSR count). The highest BCUT2D eigenvalue weighted by Crippen LogP contribution is 2.51. The van der Waals surface area contributed by atoms with Gasteiger partial charge in [-0.3, -0.25) is 5.10 Å². The smallest absolute Gasteiger partial charge is 0.285 e. The molecule has 1 aromatic rings. The van der Waals surface area contributed by atoms with Crippen molar-refractivity contribution >= 4 is 0 Å². The van der Waals surface area contributed by atoms with Crippen molar-refractivity contribution in [3.05, 3.63) is 18.0 Å². The minimum absolute atomic E-state index is 0.208. The maximum absolute atomic E-state index is 12.7. The van der Waals surface area contributed by atoms with Crippen LogP contribution in [0, 0.1) is 0 Å². The first-order chi connectivity index (χ1) is 6.61. The van der Waals surface area contributed by atoms with E-state index in [0.717, 1.165) is 0 Å². The maximum Gasteiger partial charge on any atom is 0.460 e. The standard InChI is InChI=1S/C6H3F7N2/c7-4(8,3-1-14-15-2-3)5(9,10)6(11,12)13/h1-2H,(H,14,15). The molecule has 0 saturated heterocycles. The molecule has 0 saturated carbocycles. The lowest BCUT2D eigenvalue weighted by molar-refractivity contribution is -0.359. The number of aromatic amines is 1. The second-order valence-electron chi connectivity index (χ2n) is 2.63. The zero-order chi connectivity index (χ0) is 11.9. The Balaban J connectivity index is 3.17. The van der Waals surface area contributed by atoms with Crippen LogP contribution in [0.25, 0.3) is 0 Å². The Morgan fingerprint density at radius 2 is 1.53 bits per heavy atom. The van der Waals surface area contributed by atoms with Crippen molar-refractivity contribution in [1.29, 1.82) is 0 Å². The van der Waals surface area contributed by atoms with Gasteiger partial charge in [-0.15, -0.1) is 0 Å². The van der Waals surface area contributed by atoms with Gasteiger partial charge >= 0.3 is 18.0 Å². The van der Waals surface area contributed by atoms with Crippen LogP contribution in [0.5, 0.6) is 0 Å². The lowest BCUT2D eigenvalue weighted by Crippen LogP contribution is -2.49. The first-order valence-corrected chi connectivity index (χ1v) is 3.42. The van der Waals surface area contributed by atoms with Crippen molar-refractivity contribution in [3.8, 4) is 0 Å². The zero-order valence-corrected chi connectivity index (χ0v) is 6.75. The van der Waals surface area contributed by atoms with Gasteiger partial charge in [0, 0.05) is 6.20 Å². The third-order valence-corrected chi connectivity index (χ3v) is 1.61. The van der Waals surface area contributed by atoms with Crippen LogP contribution in [-0.4, -0.2) is 22.3 Å². The van der Waals surface area contributed by atoms with Crippen LogP contribution in [0.4, 0.5) is 30.7 Å². The van der Waals surface area contributed by atoms with Gasteiger partial charge in [-0.1, -0.05) is 0 Å². The molecule has 86 valence electrons. The van der Waals surface area contributed by atoms with Crippen molar-refractivity contribution in [2.45, 2.75) is 18.0 Å². The Labute approximate surface area is 78.1 Å². The minimum atomic E-state index is -6.33. The van der Waals surface area contributed by atoms with Gasteiger partial charge in [0.1, 0.15) is 0 Å². The fraction of sp³-hybridized carbons (Fsp3) is 0.500. The van der Waals surface area contributed by atoms with Crippen LogP contribution in [0.3, 0.4) is 0 Å². The number of nitrogens with zero attached hydrogens (tertiary/aromatic N) is 1. The molecule has 1 N–H and O–H groups in total. The van der Waals surface area contributed by atoms with Gasteiger partial charge in [0.25, 0.3) is 0 Å². The SMILES string of the molecule is FC(F)(F)C(F)(F)C(F)(F)c1cn[nH]c1. The number of H-pyrrole nitrogens is 1. The Kier molecular flexibility index (Phi) is 2.44. The van der Waals surface area contributed by atoms with E-state index in [1.165, 1.54) is 0 Å². The monoisotopic (exact) mass is 236 g/mol. The topological polar surface area (TPSA) is 28.7 Å². The van der Waals surface area contributed by atoms with E-state index >= 15 is 0 Å². The number of hydrogen-bond acceptors (Lipinski definition) is 1. The van der Waals surface area contributed by atoms with Crippen LogP contribution in [0.2, 0.25) is 0 Å². The van der Waals surface area contributed by atoms with Crippen LogP contribution in [-0.2, 0) is 5.92 Å². The minimum Gasteiger partial charge on any atom is -0.285 e. The van der Waals surface area contributed by atoms with E-state index in [2.05, 4.69) is 5.10 Å². The van der Waals surface area contributed by atoms with Gasteiger partial charge in [0.15, 0.2) is 0 Å². The number of hydrogen-bond donors (Lipinski definition) is 1.